The van der Waals surface area contributed by atoms with Crippen molar-refractivity contribution in [2.45, 2.75) is 37.8 Å². The lowest BCUT2D eigenvalue weighted by Gasteiger charge is -2.39. The van der Waals surface area contributed by atoms with Gasteiger partial charge in [-0.2, -0.15) is 0 Å². The third-order valence-electron chi connectivity index (χ3n) is 5.06. The van der Waals surface area contributed by atoms with Gasteiger partial charge in [0.1, 0.15) is 5.82 Å². The molecule has 0 fully saturated rings. The van der Waals surface area contributed by atoms with Gasteiger partial charge in [-0.1, -0.05) is 52.3 Å². The van der Waals surface area contributed by atoms with Crippen LogP contribution in [0.4, 0.5) is 9.18 Å². The number of carboxylic acid groups (broad SMARTS) is 1. The highest BCUT2D eigenvalue weighted by molar-refractivity contribution is 9.10. The summed E-state index contributed by atoms with van der Waals surface area (Å²) in [7, 11) is 0. The van der Waals surface area contributed by atoms with Crippen molar-refractivity contribution in [3.8, 4) is 0 Å². The van der Waals surface area contributed by atoms with Crippen LogP contribution in [0.25, 0.3) is 0 Å². The second kappa shape index (κ2) is 8.88. The second-order valence-electron chi connectivity index (χ2n) is 7.25. The van der Waals surface area contributed by atoms with Gasteiger partial charge in [0.25, 0.3) is 0 Å². The Balaban J connectivity index is 2.32. The Morgan fingerprint density at radius 1 is 1.21 bits per heavy atom. The minimum absolute atomic E-state index is 0.0249. The van der Waals surface area contributed by atoms with Gasteiger partial charge in [-0.3, -0.25) is 4.90 Å². The molecule has 2 N–H and O–H groups in total. The van der Waals surface area contributed by atoms with Crippen molar-refractivity contribution in [2.24, 2.45) is 0 Å². The third kappa shape index (κ3) is 4.80. The third-order valence-corrected chi connectivity index (χ3v) is 5.59. The molecule has 1 amide bonds. The Morgan fingerprint density at radius 3 is 2.36 bits per heavy atom. The lowest BCUT2D eigenvalue weighted by molar-refractivity contribution is 0.00626. The zero-order valence-electron chi connectivity index (χ0n) is 16.0. The fourth-order valence-corrected chi connectivity index (χ4v) is 3.61. The number of amides is 1. The molecule has 1 atom stereocenters. The molecule has 2 rings (SSSR count). The van der Waals surface area contributed by atoms with Crippen molar-refractivity contribution in [3.63, 3.8) is 0 Å². The van der Waals surface area contributed by atoms with E-state index in [2.05, 4.69) is 22.5 Å². The average Bonchev–Trinajstić information content (AvgIpc) is 2.62. The van der Waals surface area contributed by atoms with Crippen molar-refractivity contribution in [3.05, 3.63) is 82.6 Å². The van der Waals surface area contributed by atoms with Crippen LogP contribution in [0.15, 0.2) is 65.7 Å². The van der Waals surface area contributed by atoms with E-state index in [9.17, 15) is 19.4 Å². The fourth-order valence-electron chi connectivity index (χ4n) is 3.35. The van der Waals surface area contributed by atoms with Crippen LogP contribution in [0.3, 0.4) is 0 Å². The maximum atomic E-state index is 14.3. The zero-order chi connectivity index (χ0) is 20.9. The van der Waals surface area contributed by atoms with Crippen molar-refractivity contribution < 1.29 is 19.4 Å². The lowest BCUT2D eigenvalue weighted by Crippen LogP contribution is -2.47. The highest BCUT2D eigenvalue weighted by Gasteiger charge is 2.37. The van der Waals surface area contributed by atoms with Gasteiger partial charge >= 0.3 is 6.09 Å². The monoisotopic (exact) mass is 449 g/mol. The smallest absolute Gasteiger partial charge is 0.408 e. The predicted molar refractivity (Wildman–Crippen MR) is 112 cm³/mol. The molecule has 0 saturated carbocycles. The number of halogens is 2. The van der Waals surface area contributed by atoms with Crippen LogP contribution in [-0.4, -0.2) is 27.8 Å². The minimum atomic E-state index is -1.55. The largest absolute Gasteiger partial charge is 0.465 e. The van der Waals surface area contributed by atoms with Gasteiger partial charge in [0.05, 0.1) is 11.1 Å². The van der Waals surface area contributed by atoms with Crippen molar-refractivity contribution >= 4 is 22.0 Å². The molecule has 0 aliphatic heterocycles. The van der Waals surface area contributed by atoms with Gasteiger partial charge in [0.2, 0.25) is 0 Å². The highest BCUT2D eigenvalue weighted by Crippen LogP contribution is 2.35. The summed E-state index contributed by atoms with van der Waals surface area (Å²) in [5, 5.41) is 20.9. The van der Waals surface area contributed by atoms with E-state index in [1.165, 1.54) is 23.1 Å². The van der Waals surface area contributed by atoms with Crippen LogP contribution in [0.2, 0.25) is 0 Å². The van der Waals surface area contributed by atoms with E-state index in [0.29, 0.717) is 0 Å². The van der Waals surface area contributed by atoms with Crippen molar-refractivity contribution in [1.82, 2.24) is 4.90 Å². The summed E-state index contributed by atoms with van der Waals surface area (Å²) in [6, 6.07) is 13.4. The van der Waals surface area contributed by atoms with E-state index < -0.39 is 23.1 Å². The molecule has 0 bridgehead atoms. The number of nitrogens with zero attached hydrogens (tertiary/aromatic N) is 1. The maximum absolute atomic E-state index is 14.3. The summed E-state index contributed by atoms with van der Waals surface area (Å²) in [5.41, 5.74) is -1.43. The topological polar surface area (TPSA) is 60.8 Å². The van der Waals surface area contributed by atoms with E-state index in [1.807, 2.05) is 24.3 Å². The van der Waals surface area contributed by atoms with Crippen molar-refractivity contribution in [2.75, 3.05) is 6.54 Å². The molecule has 1 unspecified atom stereocenters. The van der Waals surface area contributed by atoms with Gasteiger partial charge in [-0.05, 0) is 50.5 Å². The Morgan fingerprint density at radius 2 is 1.82 bits per heavy atom. The Bertz CT molecular complexity index is 838. The molecular formula is C22H25BrFNO3. The molecule has 0 aliphatic carbocycles. The predicted octanol–water partition coefficient (Wildman–Crippen LogP) is 5.66. The number of carbonyl (C=O) groups is 1. The van der Waals surface area contributed by atoms with E-state index in [4.69, 9.17) is 0 Å². The van der Waals surface area contributed by atoms with Crippen LogP contribution < -0.4 is 0 Å². The van der Waals surface area contributed by atoms with Gasteiger partial charge in [-0.25, -0.2) is 9.18 Å². The summed E-state index contributed by atoms with van der Waals surface area (Å²) in [5.74, 6) is -0.527. The number of rotatable bonds is 8. The maximum Gasteiger partial charge on any atom is 0.408 e. The van der Waals surface area contributed by atoms with E-state index >= 15 is 0 Å². The first-order chi connectivity index (χ1) is 13.1. The molecule has 2 aromatic rings. The summed E-state index contributed by atoms with van der Waals surface area (Å²) in [6.07, 6.45) is 0.548. The first kappa shape index (κ1) is 22.1. The van der Waals surface area contributed by atoms with Gasteiger partial charge in [0.15, 0.2) is 0 Å². The zero-order valence-corrected chi connectivity index (χ0v) is 17.6. The molecule has 0 saturated heterocycles. The Kier molecular flexibility index (Phi) is 7.01. The lowest BCUT2D eigenvalue weighted by atomic mass is 9.85. The number of benzene rings is 2. The second-order valence-corrected chi connectivity index (χ2v) is 8.17. The molecule has 0 spiro atoms. The SMILES string of the molecule is C=CCC(O)(CCN(C(=O)O)C(C)(C)c1ccc(Br)cc1)c1ccccc1F. The number of aliphatic hydroxyl groups is 1. The quantitative estimate of drug-likeness (QED) is 0.511. The first-order valence-electron chi connectivity index (χ1n) is 8.97. The van der Waals surface area contributed by atoms with Gasteiger partial charge < -0.3 is 10.2 Å². The molecule has 2 aromatic carbocycles. The summed E-state index contributed by atoms with van der Waals surface area (Å²) in [4.78, 5) is 13.3. The molecule has 0 radical (unpaired) electrons. The highest BCUT2D eigenvalue weighted by atomic mass is 79.9. The van der Waals surface area contributed by atoms with Crippen LogP contribution in [0.1, 0.15) is 37.8 Å². The fraction of sp³-hybridized carbons (Fsp3) is 0.318. The number of hydrogen-bond donors (Lipinski definition) is 2. The molecule has 0 aliphatic rings. The molecule has 150 valence electrons. The normalized spacial score (nSPS) is 13.6. The minimum Gasteiger partial charge on any atom is -0.465 e. The molecular weight excluding hydrogens is 425 g/mol. The molecule has 28 heavy (non-hydrogen) atoms. The summed E-state index contributed by atoms with van der Waals surface area (Å²) >= 11 is 3.38. The van der Waals surface area contributed by atoms with E-state index in [1.54, 1.807) is 26.0 Å². The Hall–Kier alpha value is -2.18. The Labute approximate surface area is 173 Å². The summed E-state index contributed by atoms with van der Waals surface area (Å²) in [6.45, 7) is 7.29. The molecule has 4 nitrogen and oxygen atoms in total. The van der Waals surface area contributed by atoms with Crippen molar-refractivity contribution in [1.29, 1.82) is 0 Å². The van der Waals surface area contributed by atoms with Crippen LogP contribution in [0, 0.1) is 5.82 Å². The van der Waals surface area contributed by atoms with Gasteiger partial charge in [-0.15, -0.1) is 6.58 Å². The van der Waals surface area contributed by atoms with E-state index in [-0.39, 0.29) is 24.9 Å². The van der Waals surface area contributed by atoms with Gasteiger partial charge in [0, 0.05) is 16.6 Å². The molecule has 0 heterocycles. The molecule has 6 heteroatoms. The van der Waals surface area contributed by atoms with Crippen LogP contribution in [0.5, 0.6) is 0 Å². The average molecular weight is 450 g/mol. The first-order valence-corrected chi connectivity index (χ1v) is 9.76. The van der Waals surface area contributed by atoms with Crippen LogP contribution in [-0.2, 0) is 11.1 Å². The summed E-state index contributed by atoms with van der Waals surface area (Å²) < 4.78 is 15.2. The standard InChI is InChI=1S/C22H25BrFNO3/c1-4-13-22(28,18-7-5-6-8-19(18)24)14-15-25(20(26)27)21(2,3)16-9-11-17(23)12-10-16/h4-12,28H,1,13-15H2,2-3H3,(H,26,27). The van der Waals surface area contributed by atoms with E-state index in [0.717, 1.165) is 10.0 Å². The number of hydrogen-bond acceptors (Lipinski definition) is 2. The molecule has 0 aromatic heterocycles. The van der Waals surface area contributed by atoms with Crippen LogP contribution >= 0.6 is 15.9 Å².